The van der Waals surface area contributed by atoms with Gasteiger partial charge in [0.2, 0.25) is 0 Å². The molecule has 4 aromatic rings. The maximum absolute atomic E-state index is 13.6. The molecule has 1 N–H and O–H groups in total. The number of carbonyl (C=O) groups is 1. The van der Waals surface area contributed by atoms with Crippen LogP contribution in [0.1, 0.15) is 32.9 Å². The molecule has 0 unspecified atom stereocenters. The molecule has 0 bridgehead atoms. The van der Waals surface area contributed by atoms with E-state index in [1.807, 2.05) is 0 Å². The van der Waals surface area contributed by atoms with Crippen LogP contribution in [0.3, 0.4) is 0 Å². The topological polar surface area (TPSA) is 103 Å². The highest BCUT2D eigenvalue weighted by Gasteiger charge is 2.30. The van der Waals surface area contributed by atoms with Gasteiger partial charge in [0.05, 0.1) is 17.0 Å². The fraction of sp³-hybridized carbons (Fsp3) is 0.160. The van der Waals surface area contributed by atoms with E-state index in [-0.39, 0.29) is 29.1 Å². The van der Waals surface area contributed by atoms with Gasteiger partial charge in [-0.15, -0.1) is 10.2 Å². The van der Waals surface area contributed by atoms with Crippen LogP contribution in [0, 0.1) is 22.9 Å². The van der Waals surface area contributed by atoms with Gasteiger partial charge in [0, 0.05) is 28.6 Å². The number of halogens is 4. The van der Waals surface area contributed by atoms with Crippen molar-refractivity contribution in [2.24, 2.45) is 0 Å². The number of nitro benzene ring substituents is 1. The molecule has 0 aliphatic carbocycles. The molecule has 13 heteroatoms. The molecule has 0 saturated carbocycles. The van der Waals surface area contributed by atoms with Gasteiger partial charge in [0.1, 0.15) is 5.82 Å². The molecule has 1 amide bonds. The third kappa shape index (κ3) is 5.99. The van der Waals surface area contributed by atoms with Crippen LogP contribution in [0.4, 0.5) is 23.2 Å². The average molecular weight is 546 g/mol. The molecule has 0 aliphatic heterocycles. The van der Waals surface area contributed by atoms with Crippen LogP contribution in [-0.4, -0.2) is 25.6 Å². The molecule has 0 fully saturated rings. The Morgan fingerprint density at radius 2 is 1.74 bits per heavy atom. The smallest absolute Gasteiger partial charge is 0.345 e. The molecule has 4 rings (SSSR count). The number of rotatable bonds is 8. The summed E-state index contributed by atoms with van der Waals surface area (Å²) in [6, 6.07) is 14.4. The number of aromatic nitrogens is 3. The molecule has 38 heavy (non-hydrogen) atoms. The van der Waals surface area contributed by atoms with Gasteiger partial charge in [-0.2, -0.15) is 13.2 Å². The summed E-state index contributed by atoms with van der Waals surface area (Å²) in [5.41, 5.74) is 0.522. The molecule has 0 spiro atoms. The standard InChI is InChI=1S/C25H19F4N5O3S/c1-15-20(3-2-4-21(15)34(36)37)23(35)30-13-22-31-32-24(33(22)19-11-9-18(26)10-12-19)38-14-16-5-7-17(8-6-16)25(27,28)29/h2-12H,13-14H2,1H3,(H,30,35). The van der Waals surface area contributed by atoms with E-state index < -0.39 is 28.4 Å². The summed E-state index contributed by atoms with van der Waals surface area (Å²) in [4.78, 5) is 23.4. The first-order valence-corrected chi connectivity index (χ1v) is 12.0. The second-order valence-corrected chi connectivity index (χ2v) is 9.03. The number of thioether (sulfide) groups is 1. The Hall–Kier alpha value is -4.26. The molecule has 3 aromatic carbocycles. The van der Waals surface area contributed by atoms with Gasteiger partial charge >= 0.3 is 6.18 Å². The predicted molar refractivity (Wildman–Crippen MR) is 131 cm³/mol. The number of nitrogens with zero attached hydrogens (tertiary/aromatic N) is 4. The first-order chi connectivity index (χ1) is 18.0. The summed E-state index contributed by atoms with van der Waals surface area (Å²) in [5, 5.41) is 22.5. The summed E-state index contributed by atoms with van der Waals surface area (Å²) in [5.74, 6) is -0.449. The highest BCUT2D eigenvalue weighted by Crippen LogP contribution is 2.31. The minimum atomic E-state index is -4.43. The van der Waals surface area contributed by atoms with Crippen molar-refractivity contribution < 1.29 is 27.3 Å². The molecule has 8 nitrogen and oxygen atoms in total. The van der Waals surface area contributed by atoms with E-state index in [1.165, 1.54) is 73.3 Å². The van der Waals surface area contributed by atoms with Gasteiger partial charge in [-0.3, -0.25) is 19.5 Å². The largest absolute Gasteiger partial charge is 0.416 e. The Balaban J connectivity index is 1.56. The number of alkyl halides is 3. The van der Waals surface area contributed by atoms with Crippen molar-refractivity contribution in [2.45, 2.75) is 30.6 Å². The molecule has 0 aliphatic rings. The maximum atomic E-state index is 13.6. The highest BCUT2D eigenvalue weighted by molar-refractivity contribution is 7.98. The van der Waals surface area contributed by atoms with Crippen LogP contribution in [0.15, 0.2) is 71.9 Å². The Morgan fingerprint density at radius 3 is 2.37 bits per heavy atom. The van der Waals surface area contributed by atoms with E-state index in [1.54, 1.807) is 4.57 Å². The van der Waals surface area contributed by atoms with Gasteiger partial charge in [0.25, 0.3) is 11.6 Å². The highest BCUT2D eigenvalue weighted by atomic mass is 32.2. The molecular weight excluding hydrogens is 526 g/mol. The van der Waals surface area contributed by atoms with Gasteiger partial charge < -0.3 is 5.32 Å². The number of hydrogen-bond donors (Lipinski definition) is 1. The number of nitro groups is 1. The van der Waals surface area contributed by atoms with Crippen LogP contribution in [0.5, 0.6) is 0 Å². The first-order valence-electron chi connectivity index (χ1n) is 11.1. The van der Waals surface area contributed by atoms with E-state index in [0.717, 1.165) is 12.1 Å². The van der Waals surface area contributed by atoms with E-state index in [0.29, 0.717) is 22.2 Å². The van der Waals surface area contributed by atoms with Crippen molar-refractivity contribution >= 4 is 23.4 Å². The number of carbonyl (C=O) groups excluding carboxylic acids is 1. The number of hydrogen-bond acceptors (Lipinski definition) is 6. The molecule has 0 radical (unpaired) electrons. The van der Waals surface area contributed by atoms with Crippen molar-refractivity contribution in [2.75, 3.05) is 0 Å². The summed E-state index contributed by atoms with van der Waals surface area (Å²) in [6.07, 6.45) is -4.43. The zero-order valence-electron chi connectivity index (χ0n) is 19.7. The minimum absolute atomic E-state index is 0.105. The van der Waals surface area contributed by atoms with Gasteiger partial charge in [-0.1, -0.05) is 30.0 Å². The van der Waals surface area contributed by atoms with Crippen molar-refractivity contribution in [3.05, 3.63) is 111 Å². The normalized spacial score (nSPS) is 11.4. The lowest BCUT2D eigenvalue weighted by atomic mass is 10.1. The zero-order chi connectivity index (χ0) is 27.4. The summed E-state index contributed by atoms with van der Waals surface area (Å²) >= 11 is 1.20. The monoisotopic (exact) mass is 545 g/mol. The second kappa shape index (κ2) is 11.0. The zero-order valence-corrected chi connectivity index (χ0v) is 20.5. The number of nitrogens with one attached hydrogen (secondary N) is 1. The quantitative estimate of drug-likeness (QED) is 0.129. The predicted octanol–water partition coefficient (Wildman–Crippen LogP) is 5.86. The van der Waals surface area contributed by atoms with Crippen molar-refractivity contribution in [1.29, 1.82) is 0 Å². The van der Waals surface area contributed by atoms with Crippen LogP contribution in [0.2, 0.25) is 0 Å². The van der Waals surface area contributed by atoms with E-state index >= 15 is 0 Å². The molecule has 0 atom stereocenters. The first kappa shape index (κ1) is 26.8. The molecule has 196 valence electrons. The van der Waals surface area contributed by atoms with E-state index in [9.17, 15) is 32.5 Å². The van der Waals surface area contributed by atoms with Crippen molar-refractivity contribution in [3.8, 4) is 5.69 Å². The molecule has 0 saturated heterocycles. The lowest BCUT2D eigenvalue weighted by Gasteiger charge is -2.12. The van der Waals surface area contributed by atoms with Crippen LogP contribution < -0.4 is 5.32 Å². The van der Waals surface area contributed by atoms with Crippen LogP contribution in [0.25, 0.3) is 5.69 Å². The maximum Gasteiger partial charge on any atom is 0.416 e. The fourth-order valence-electron chi connectivity index (χ4n) is 3.62. The Labute approximate surface area is 217 Å². The lowest BCUT2D eigenvalue weighted by Crippen LogP contribution is -2.25. The average Bonchev–Trinajstić information content (AvgIpc) is 3.29. The molecule has 1 aromatic heterocycles. The Morgan fingerprint density at radius 1 is 1.05 bits per heavy atom. The van der Waals surface area contributed by atoms with E-state index in [4.69, 9.17) is 0 Å². The van der Waals surface area contributed by atoms with Crippen LogP contribution >= 0.6 is 11.8 Å². The van der Waals surface area contributed by atoms with Gasteiger partial charge in [0.15, 0.2) is 11.0 Å². The minimum Gasteiger partial charge on any atom is -0.345 e. The Bertz CT molecular complexity index is 1470. The van der Waals surface area contributed by atoms with Gasteiger partial charge in [-0.25, -0.2) is 4.39 Å². The second-order valence-electron chi connectivity index (χ2n) is 8.08. The SMILES string of the molecule is Cc1c(C(=O)NCc2nnc(SCc3ccc(C(F)(F)F)cc3)n2-c2ccc(F)cc2)cccc1[N+](=O)[O-]. The fourth-order valence-corrected chi connectivity index (χ4v) is 4.54. The third-order valence-electron chi connectivity index (χ3n) is 5.59. The summed E-state index contributed by atoms with van der Waals surface area (Å²) in [6.45, 7) is 1.37. The number of amides is 1. The van der Waals surface area contributed by atoms with Crippen molar-refractivity contribution in [3.63, 3.8) is 0 Å². The van der Waals surface area contributed by atoms with Crippen molar-refractivity contribution in [1.82, 2.24) is 20.1 Å². The molecular formula is C25H19F4N5O3S. The summed E-state index contributed by atoms with van der Waals surface area (Å²) in [7, 11) is 0. The third-order valence-corrected chi connectivity index (χ3v) is 6.59. The van der Waals surface area contributed by atoms with Crippen LogP contribution in [-0.2, 0) is 18.5 Å². The number of benzene rings is 3. The molecule has 1 heterocycles. The van der Waals surface area contributed by atoms with Gasteiger partial charge in [-0.05, 0) is 55.0 Å². The Kier molecular flexibility index (Phi) is 7.76. The lowest BCUT2D eigenvalue weighted by molar-refractivity contribution is -0.385. The van der Waals surface area contributed by atoms with E-state index in [2.05, 4.69) is 15.5 Å². The summed E-state index contributed by atoms with van der Waals surface area (Å²) < 4.78 is 53.7.